The van der Waals surface area contributed by atoms with Crippen molar-refractivity contribution in [1.29, 1.82) is 0 Å². The largest absolute Gasteiger partial charge is 0.350 e. The number of nitrogens with one attached hydrogen (secondary N) is 2. The second kappa shape index (κ2) is 7.55. The first kappa shape index (κ1) is 18.4. The summed E-state index contributed by atoms with van der Waals surface area (Å²) >= 11 is 0. The van der Waals surface area contributed by atoms with Gasteiger partial charge in [-0.25, -0.2) is 9.07 Å². The Morgan fingerprint density at radius 3 is 2.71 bits per heavy atom. The number of hydrogen-bond donors (Lipinski definition) is 2. The maximum absolute atomic E-state index is 13.1. The summed E-state index contributed by atoms with van der Waals surface area (Å²) in [5.41, 5.74) is 1.84. The summed E-state index contributed by atoms with van der Waals surface area (Å²) in [5.74, 6) is -0.322. The van der Waals surface area contributed by atoms with Crippen molar-refractivity contribution in [2.24, 2.45) is 0 Å². The molecule has 1 saturated heterocycles. The van der Waals surface area contributed by atoms with E-state index in [0.717, 1.165) is 30.0 Å². The van der Waals surface area contributed by atoms with Crippen LogP contribution in [-0.4, -0.2) is 38.6 Å². The van der Waals surface area contributed by atoms with Crippen molar-refractivity contribution in [2.45, 2.75) is 31.8 Å². The minimum absolute atomic E-state index is 0.0355. The predicted octanol–water partition coefficient (Wildman–Crippen LogP) is 1.91. The first-order valence-electron chi connectivity index (χ1n) is 9.39. The van der Waals surface area contributed by atoms with E-state index in [4.69, 9.17) is 0 Å². The molecule has 146 valence electrons. The molecule has 0 atom stereocenters. The highest BCUT2D eigenvalue weighted by molar-refractivity contribution is 5.84. The minimum Gasteiger partial charge on any atom is -0.350 e. The maximum atomic E-state index is 13.1. The molecule has 0 bridgehead atoms. The molecule has 7 nitrogen and oxygen atoms in total. The number of amides is 1. The predicted molar refractivity (Wildman–Crippen MR) is 102 cm³/mol. The van der Waals surface area contributed by atoms with Crippen molar-refractivity contribution in [3.8, 4) is 5.69 Å². The van der Waals surface area contributed by atoms with Crippen molar-refractivity contribution in [3.63, 3.8) is 0 Å². The van der Waals surface area contributed by atoms with Gasteiger partial charge in [0.15, 0.2) is 0 Å². The Kier molecular flexibility index (Phi) is 4.95. The molecule has 1 aromatic carbocycles. The zero-order valence-corrected chi connectivity index (χ0v) is 15.7. The molecule has 1 fully saturated rings. The number of aromatic nitrogens is 4. The van der Waals surface area contributed by atoms with Crippen LogP contribution < -0.4 is 10.6 Å². The number of nitrogens with zero attached hydrogens (tertiary/aromatic N) is 4. The van der Waals surface area contributed by atoms with E-state index in [1.54, 1.807) is 27.7 Å². The number of carbonyl (C=O) groups excluding carboxylic acids is 1. The Bertz CT molecular complexity index is 942. The van der Waals surface area contributed by atoms with E-state index in [1.165, 1.54) is 12.1 Å². The summed E-state index contributed by atoms with van der Waals surface area (Å²) in [7, 11) is 0. The van der Waals surface area contributed by atoms with Gasteiger partial charge in [0.2, 0.25) is 5.91 Å². The van der Waals surface area contributed by atoms with Gasteiger partial charge in [0, 0.05) is 30.7 Å². The fraction of sp³-hybridized carbons (Fsp3) is 0.350. The first-order valence-corrected chi connectivity index (χ1v) is 9.39. The molecular formula is C20H23FN6O. The number of halogens is 1. The monoisotopic (exact) mass is 382 g/mol. The lowest BCUT2D eigenvalue weighted by Gasteiger charge is -2.36. The van der Waals surface area contributed by atoms with E-state index < -0.39 is 5.54 Å². The van der Waals surface area contributed by atoms with Crippen molar-refractivity contribution >= 4 is 5.91 Å². The SMILES string of the molecule is Cc1nn(-c2ccc(F)cc2)cc1CNC(=O)C1(n2cccn2)CCNCC1. The summed E-state index contributed by atoms with van der Waals surface area (Å²) in [4.78, 5) is 13.1. The van der Waals surface area contributed by atoms with Gasteiger partial charge in [-0.1, -0.05) is 0 Å². The number of piperidine rings is 1. The lowest BCUT2D eigenvalue weighted by Crippen LogP contribution is -2.54. The van der Waals surface area contributed by atoms with Crippen molar-refractivity contribution in [1.82, 2.24) is 30.2 Å². The van der Waals surface area contributed by atoms with Gasteiger partial charge in [0.25, 0.3) is 0 Å². The standard InChI is InChI=1S/C20H23FN6O/c1-15-16(14-26(25-15)18-5-3-17(21)4-6-18)13-23-19(28)20(7-10-22-11-8-20)27-12-2-9-24-27/h2-6,9,12,14,22H,7-8,10-11,13H2,1H3,(H,23,28). The second-order valence-corrected chi connectivity index (χ2v) is 7.08. The van der Waals surface area contributed by atoms with Crippen molar-refractivity contribution in [3.05, 3.63) is 66.0 Å². The molecule has 3 aromatic rings. The van der Waals surface area contributed by atoms with Crippen LogP contribution in [0.5, 0.6) is 0 Å². The van der Waals surface area contributed by atoms with Crippen molar-refractivity contribution < 1.29 is 9.18 Å². The molecule has 0 unspecified atom stereocenters. The number of aryl methyl sites for hydroxylation is 1. The normalized spacial score (nSPS) is 16.1. The maximum Gasteiger partial charge on any atom is 0.248 e. The third-order valence-electron chi connectivity index (χ3n) is 5.33. The second-order valence-electron chi connectivity index (χ2n) is 7.08. The van der Waals surface area contributed by atoms with Gasteiger partial charge in [-0.3, -0.25) is 9.48 Å². The van der Waals surface area contributed by atoms with Gasteiger partial charge in [-0.15, -0.1) is 0 Å². The Hall–Kier alpha value is -3.00. The van der Waals surface area contributed by atoms with Gasteiger partial charge < -0.3 is 10.6 Å². The van der Waals surface area contributed by atoms with E-state index in [2.05, 4.69) is 20.8 Å². The highest BCUT2D eigenvalue weighted by Crippen LogP contribution is 2.27. The van der Waals surface area contributed by atoms with Crippen LogP contribution >= 0.6 is 0 Å². The molecule has 3 heterocycles. The summed E-state index contributed by atoms with van der Waals surface area (Å²) in [6.45, 7) is 3.82. The quantitative estimate of drug-likeness (QED) is 0.707. The summed E-state index contributed by atoms with van der Waals surface area (Å²) < 4.78 is 16.6. The molecule has 2 aromatic heterocycles. The van der Waals surface area contributed by atoms with Crippen LogP contribution in [0.1, 0.15) is 24.1 Å². The van der Waals surface area contributed by atoms with E-state index >= 15 is 0 Å². The fourth-order valence-corrected chi connectivity index (χ4v) is 3.66. The molecule has 2 N–H and O–H groups in total. The van der Waals surface area contributed by atoms with Crippen LogP contribution in [0.3, 0.4) is 0 Å². The minimum atomic E-state index is -0.671. The summed E-state index contributed by atoms with van der Waals surface area (Å²) in [5, 5.41) is 15.2. The number of benzene rings is 1. The lowest BCUT2D eigenvalue weighted by molar-refractivity contribution is -0.132. The molecule has 0 aliphatic carbocycles. The molecule has 1 aliphatic heterocycles. The van der Waals surface area contributed by atoms with Crippen LogP contribution in [0, 0.1) is 12.7 Å². The number of carbonyl (C=O) groups is 1. The third-order valence-corrected chi connectivity index (χ3v) is 5.33. The van der Waals surface area contributed by atoms with Crippen LogP contribution in [0.15, 0.2) is 48.9 Å². The smallest absolute Gasteiger partial charge is 0.248 e. The Labute approximate surface area is 162 Å². The first-order chi connectivity index (χ1) is 13.6. The summed E-state index contributed by atoms with van der Waals surface area (Å²) in [6.07, 6.45) is 6.80. The molecule has 4 rings (SSSR count). The average Bonchev–Trinajstić information content (AvgIpc) is 3.38. The summed E-state index contributed by atoms with van der Waals surface area (Å²) in [6, 6.07) is 7.99. The molecule has 0 saturated carbocycles. The fourth-order valence-electron chi connectivity index (χ4n) is 3.66. The average molecular weight is 382 g/mol. The zero-order chi connectivity index (χ0) is 19.6. The highest BCUT2D eigenvalue weighted by atomic mass is 19.1. The van der Waals surface area contributed by atoms with Crippen LogP contribution in [0.4, 0.5) is 4.39 Å². The van der Waals surface area contributed by atoms with Gasteiger partial charge in [0.1, 0.15) is 11.4 Å². The lowest BCUT2D eigenvalue weighted by atomic mass is 9.87. The molecule has 0 radical (unpaired) electrons. The molecule has 1 amide bonds. The topological polar surface area (TPSA) is 76.8 Å². The van der Waals surface area contributed by atoms with E-state index in [9.17, 15) is 9.18 Å². The molecule has 0 spiro atoms. The molecular weight excluding hydrogens is 359 g/mol. The Morgan fingerprint density at radius 2 is 2.04 bits per heavy atom. The van der Waals surface area contributed by atoms with Crippen LogP contribution in [0.25, 0.3) is 5.69 Å². The zero-order valence-electron chi connectivity index (χ0n) is 15.7. The third kappa shape index (κ3) is 3.43. The van der Waals surface area contributed by atoms with Gasteiger partial charge in [0.05, 0.1) is 11.4 Å². The number of hydrogen-bond acceptors (Lipinski definition) is 4. The van der Waals surface area contributed by atoms with Gasteiger partial charge in [-0.05, 0) is 63.2 Å². The van der Waals surface area contributed by atoms with Crippen LogP contribution in [-0.2, 0) is 16.9 Å². The molecule has 8 heteroatoms. The van der Waals surface area contributed by atoms with E-state index in [0.29, 0.717) is 19.4 Å². The van der Waals surface area contributed by atoms with Crippen molar-refractivity contribution in [2.75, 3.05) is 13.1 Å². The highest BCUT2D eigenvalue weighted by Gasteiger charge is 2.41. The molecule has 1 aliphatic rings. The van der Waals surface area contributed by atoms with Gasteiger partial charge in [-0.2, -0.15) is 10.2 Å². The van der Waals surface area contributed by atoms with E-state index in [1.807, 2.05) is 25.4 Å². The van der Waals surface area contributed by atoms with Gasteiger partial charge >= 0.3 is 0 Å². The Balaban J connectivity index is 1.50. The number of rotatable bonds is 5. The molecule has 28 heavy (non-hydrogen) atoms. The Morgan fingerprint density at radius 1 is 1.29 bits per heavy atom. The van der Waals surface area contributed by atoms with Crippen LogP contribution in [0.2, 0.25) is 0 Å². The van der Waals surface area contributed by atoms with E-state index in [-0.39, 0.29) is 11.7 Å².